The number of hydrogen-bond donors (Lipinski definition) is 0. The molecule has 1 aromatic carbocycles. The van der Waals surface area contributed by atoms with E-state index in [2.05, 4.69) is 34.8 Å². The number of benzene rings is 1. The molecule has 0 fully saturated rings. The maximum Gasteiger partial charge on any atom is 0.115 e. The second-order valence-electron chi connectivity index (χ2n) is 2.87. The van der Waals surface area contributed by atoms with E-state index in [9.17, 15) is 0 Å². The van der Waals surface area contributed by atoms with Crippen LogP contribution in [0.4, 0.5) is 0 Å². The van der Waals surface area contributed by atoms with Crippen molar-refractivity contribution in [2.24, 2.45) is 10.2 Å². The summed E-state index contributed by atoms with van der Waals surface area (Å²) >= 11 is 0. The molecule has 3 nitrogen and oxygen atoms in total. The van der Waals surface area contributed by atoms with Gasteiger partial charge < -0.3 is 0 Å². The first kappa shape index (κ1) is 7.98. The van der Waals surface area contributed by atoms with Gasteiger partial charge in [0.15, 0.2) is 0 Å². The lowest BCUT2D eigenvalue weighted by Gasteiger charge is -1.98. The van der Waals surface area contributed by atoms with Gasteiger partial charge in [-0.25, -0.2) is 0 Å². The summed E-state index contributed by atoms with van der Waals surface area (Å²) < 4.78 is 0. The molecule has 0 saturated carbocycles. The molecule has 3 heteroatoms. The van der Waals surface area contributed by atoms with Gasteiger partial charge in [-0.15, -0.1) is 10.2 Å². The summed E-state index contributed by atoms with van der Waals surface area (Å²) in [6, 6.07) is 8.29. The van der Waals surface area contributed by atoms with Crippen molar-refractivity contribution in [2.45, 2.75) is 13.3 Å². The largest absolute Gasteiger partial charge is 0.136 e. The molecule has 0 bridgehead atoms. The van der Waals surface area contributed by atoms with Gasteiger partial charge in [-0.1, -0.05) is 31.2 Å². The maximum absolute atomic E-state index is 3.88. The topological polar surface area (TPSA) is 38.8 Å². The zero-order valence-electron chi connectivity index (χ0n) is 7.44. The van der Waals surface area contributed by atoms with Crippen LogP contribution in [0.5, 0.6) is 0 Å². The quantitative estimate of drug-likeness (QED) is 0.649. The molecule has 1 heterocycles. The Hall–Kier alpha value is -1.64. The van der Waals surface area contributed by atoms with Crippen molar-refractivity contribution < 1.29 is 0 Å². The van der Waals surface area contributed by atoms with E-state index in [-0.39, 0.29) is 0 Å². The normalized spacial score (nSPS) is 14.1. The Morgan fingerprint density at radius 2 is 1.92 bits per heavy atom. The van der Waals surface area contributed by atoms with Crippen LogP contribution in [0, 0.1) is 0 Å². The lowest BCUT2D eigenvalue weighted by molar-refractivity contribution is 0.813. The molecule has 0 spiro atoms. The molecule has 2 rings (SSSR count). The predicted molar refractivity (Wildman–Crippen MR) is 53.0 cm³/mol. The zero-order valence-corrected chi connectivity index (χ0v) is 7.44. The Balaban J connectivity index is 2.27. The molecule has 65 valence electrons. The van der Waals surface area contributed by atoms with Gasteiger partial charge in [0.1, 0.15) is 5.71 Å². The van der Waals surface area contributed by atoms with Gasteiger partial charge in [0, 0.05) is 5.56 Å². The van der Waals surface area contributed by atoms with Crippen molar-refractivity contribution in [1.29, 1.82) is 0 Å². The monoisotopic (exact) mass is 172 g/mol. The molecule has 0 aromatic heterocycles. The van der Waals surface area contributed by atoms with E-state index in [0.717, 1.165) is 17.7 Å². The Morgan fingerprint density at radius 3 is 2.46 bits per heavy atom. The number of rotatable bonds is 2. The van der Waals surface area contributed by atoms with Crippen molar-refractivity contribution in [2.75, 3.05) is 0 Å². The highest BCUT2D eigenvalue weighted by Gasteiger charge is 2.04. The highest BCUT2D eigenvalue weighted by atomic mass is 15.5. The smallest absolute Gasteiger partial charge is 0.115 e. The van der Waals surface area contributed by atoms with E-state index in [1.54, 1.807) is 6.21 Å². The van der Waals surface area contributed by atoms with Crippen LogP contribution in [0.3, 0.4) is 0 Å². The number of nitrogens with zero attached hydrogens (tertiary/aromatic N) is 3. The predicted octanol–water partition coefficient (Wildman–Crippen LogP) is 1.56. The van der Waals surface area contributed by atoms with E-state index in [1.165, 1.54) is 5.56 Å². The summed E-state index contributed by atoms with van der Waals surface area (Å²) in [6.45, 7) is 2.14. The Kier molecular flexibility index (Phi) is 2.08. The third-order valence-electron chi connectivity index (χ3n) is 2.04. The molecule has 1 radical (unpaired) electrons. The van der Waals surface area contributed by atoms with Gasteiger partial charge in [-0.3, -0.25) is 0 Å². The first-order valence-electron chi connectivity index (χ1n) is 4.30. The van der Waals surface area contributed by atoms with Crippen LogP contribution in [-0.4, -0.2) is 11.9 Å². The van der Waals surface area contributed by atoms with Crippen molar-refractivity contribution in [3.63, 3.8) is 0 Å². The highest BCUT2D eigenvalue weighted by Crippen LogP contribution is 2.06. The molecule has 0 saturated heterocycles. The summed E-state index contributed by atoms with van der Waals surface area (Å²) in [5, 5.41) is 7.56. The molecule has 0 aliphatic carbocycles. The van der Waals surface area contributed by atoms with Crippen LogP contribution in [0.15, 0.2) is 34.5 Å². The van der Waals surface area contributed by atoms with Gasteiger partial charge in [0.25, 0.3) is 0 Å². The fraction of sp³-hybridized carbons (Fsp3) is 0.200. The van der Waals surface area contributed by atoms with E-state index < -0.39 is 0 Å². The van der Waals surface area contributed by atoms with Crippen LogP contribution in [0.2, 0.25) is 0 Å². The van der Waals surface area contributed by atoms with E-state index >= 15 is 0 Å². The molecule has 0 N–H and O–H groups in total. The minimum Gasteiger partial charge on any atom is -0.136 e. The SMILES string of the molecule is CCc1ccc(C2=N[N]N=C2)cc1. The van der Waals surface area contributed by atoms with Crippen molar-refractivity contribution in [3.05, 3.63) is 35.4 Å². The molecule has 0 atom stereocenters. The Bertz CT molecular complexity index is 349. The molecule has 1 aliphatic heterocycles. The number of hydrogen-bond acceptors (Lipinski definition) is 2. The summed E-state index contributed by atoms with van der Waals surface area (Å²) in [5.74, 6) is 0. The van der Waals surface area contributed by atoms with Gasteiger partial charge in [0.2, 0.25) is 0 Å². The summed E-state index contributed by atoms with van der Waals surface area (Å²) in [5.41, 5.74) is 6.78. The minimum atomic E-state index is 0.836. The van der Waals surface area contributed by atoms with Crippen LogP contribution < -0.4 is 5.53 Å². The second-order valence-corrected chi connectivity index (χ2v) is 2.87. The fourth-order valence-electron chi connectivity index (χ4n) is 1.22. The second kappa shape index (κ2) is 3.39. The molecule has 13 heavy (non-hydrogen) atoms. The summed E-state index contributed by atoms with van der Waals surface area (Å²) in [4.78, 5) is 0. The summed E-state index contributed by atoms with van der Waals surface area (Å²) in [6.07, 6.45) is 2.73. The van der Waals surface area contributed by atoms with Crippen molar-refractivity contribution >= 4 is 11.9 Å². The maximum atomic E-state index is 3.88. The number of aryl methyl sites for hydroxylation is 1. The third-order valence-corrected chi connectivity index (χ3v) is 2.04. The molecular formula is C10H10N3. The van der Waals surface area contributed by atoms with Gasteiger partial charge >= 0.3 is 0 Å². The zero-order chi connectivity index (χ0) is 9.10. The average molecular weight is 172 g/mol. The summed E-state index contributed by atoms with van der Waals surface area (Å²) in [7, 11) is 0. The lowest BCUT2D eigenvalue weighted by atomic mass is 10.1. The first-order valence-corrected chi connectivity index (χ1v) is 4.30. The van der Waals surface area contributed by atoms with E-state index in [4.69, 9.17) is 0 Å². The van der Waals surface area contributed by atoms with Crippen LogP contribution in [0.25, 0.3) is 0 Å². The third kappa shape index (κ3) is 1.59. The molecule has 1 aromatic rings. The average Bonchev–Trinajstić information content (AvgIpc) is 2.71. The lowest BCUT2D eigenvalue weighted by Crippen LogP contribution is -1.98. The highest BCUT2D eigenvalue weighted by molar-refractivity contribution is 6.38. The molecule has 0 amide bonds. The molecule has 0 unspecified atom stereocenters. The minimum absolute atomic E-state index is 0.836. The van der Waals surface area contributed by atoms with Crippen LogP contribution >= 0.6 is 0 Å². The van der Waals surface area contributed by atoms with Crippen LogP contribution in [0.1, 0.15) is 18.1 Å². The van der Waals surface area contributed by atoms with Crippen LogP contribution in [-0.2, 0) is 6.42 Å². The van der Waals surface area contributed by atoms with Gasteiger partial charge in [-0.2, -0.15) is 0 Å². The van der Waals surface area contributed by atoms with Crippen molar-refractivity contribution in [1.82, 2.24) is 5.53 Å². The van der Waals surface area contributed by atoms with Crippen molar-refractivity contribution in [3.8, 4) is 0 Å². The van der Waals surface area contributed by atoms with E-state index in [1.807, 2.05) is 12.1 Å². The Morgan fingerprint density at radius 1 is 1.15 bits per heavy atom. The van der Waals surface area contributed by atoms with Gasteiger partial charge in [-0.05, 0) is 17.5 Å². The van der Waals surface area contributed by atoms with E-state index in [0.29, 0.717) is 0 Å². The molecule has 1 aliphatic rings. The Labute approximate surface area is 77.2 Å². The molecular weight excluding hydrogens is 162 g/mol. The standard InChI is InChI=1S/C10H10N3/c1-2-8-3-5-9(6-4-8)10-7-11-13-12-10/h3-7H,2H2,1H3. The fourth-order valence-corrected chi connectivity index (χ4v) is 1.22. The first-order chi connectivity index (χ1) is 6.40. The van der Waals surface area contributed by atoms with Gasteiger partial charge in [0.05, 0.1) is 6.21 Å².